The first kappa shape index (κ1) is 14.4. The second-order valence-corrected chi connectivity index (χ2v) is 7.03. The third kappa shape index (κ3) is 3.92. The monoisotopic (exact) mass is 343 g/mol. The lowest BCUT2D eigenvalue weighted by Gasteiger charge is -2.09. The van der Waals surface area contributed by atoms with Gasteiger partial charge in [0.15, 0.2) is 0 Å². The molecule has 1 aromatic carbocycles. The SMILES string of the molecule is CNS(=O)(=O)Nc1ccc(S(N)(=O)=O)cc1Br. The number of hydrogen-bond acceptors (Lipinski definition) is 4. The first-order valence-electron chi connectivity index (χ1n) is 4.19. The molecule has 0 aliphatic carbocycles. The van der Waals surface area contributed by atoms with Crippen molar-refractivity contribution in [1.82, 2.24) is 4.72 Å². The Labute approximate surface area is 108 Å². The maximum absolute atomic E-state index is 11.2. The van der Waals surface area contributed by atoms with Crippen LogP contribution in [0, 0.1) is 0 Å². The van der Waals surface area contributed by atoms with Gasteiger partial charge in [-0.05, 0) is 34.1 Å². The van der Waals surface area contributed by atoms with Gasteiger partial charge in [0, 0.05) is 11.5 Å². The second-order valence-electron chi connectivity index (χ2n) is 3.00. The average Bonchev–Trinajstić information content (AvgIpc) is 2.19. The molecule has 0 spiro atoms. The number of rotatable bonds is 4. The van der Waals surface area contributed by atoms with Gasteiger partial charge in [0.2, 0.25) is 10.0 Å². The fourth-order valence-corrected chi connectivity index (χ4v) is 2.82. The van der Waals surface area contributed by atoms with Crippen LogP contribution in [0.4, 0.5) is 5.69 Å². The van der Waals surface area contributed by atoms with E-state index in [0.717, 1.165) is 0 Å². The van der Waals surface area contributed by atoms with E-state index in [0.29, 0.717) is 0 Å². The van der Waals surface area contributed by atoms with E-state index in [1.165, 1.54) is 25.2 Å². The fraction of sp³-hybridized carbons (Fsp3) is 0.143. The third-order valence-electron chi connectivity index (χ3n) is 1.78. The molecule has 7 nitrogen and oxygen atoms in total. The minimum absolute atomic E-state index is 0.114. The predicted octanol–water partition coefficient (Wildman–Crippen LogP) is -0.0274. The number of hydrogen-bond donors (Lipinski definition) is 3. The van der Waals surface area contributed by atoms with Gasteiger partial charge in [0.25, 0.3) is 10.2 Å². The summed E-state index contributed by atoms with van der Waals surface area (Å²) in [5, 5.41) is 4.93. The van der Waals surface area contributed by atoms with Crippen LogP contribution < -0.4 is 14.6 Å². The number of sulfonamides is 1. The van der Waals surface area contributed by atoms with Crippen LogP contribution in [0.1, 0.15) is 0 Å². The Morgan fingerprint density at radius 2 is 1.82 bits per heavy atom. The average molecular weight is 344 g/mol. The van der Waals surface area contributed by atoms with Gasteiger partial charge in [-0.25, -0.2) is 18.3 Å². The summed E-state index contributed by atoms with van der Waals surface area (Å²) in [5.74, 6) is 0. The highest BCUT2D eigenvalue weighted by atomic mass is 79.9. The van der Waals surface area contributed by atoms with E-state index in [2.05, 4.69) is 25.4 Å². The Hall–Kier alpha value is -0.680. The van der Waals surface area contributed by atoms with E-state index in [4.69, 9.17) is 5.14 Å². The molecule has 0 amide bonds. The molecule has 0 bridgehead atoms. The Morgan fingerprint density at radius 1 is 1.24 bits per heavy atom. The number of nitrogens with two attached hydrogens (primary N) is 1. The summed E-state index contributed by atoms with van der Waals surface area (Å²) in [6, 6.07) is 3.70. The Kier molecular flexibility index (Phi) is 4.15. The highest BCUT2D eigenvalue weighted by Crippen LogP contribution is 2.25. The molecule has 0 fully saturated rings. The summed E-state index contributed by atoms with van der Waals surface area (Å²) in [4.78, 5) is -0.114. The Balaban J connectivity index is 3.16. The van der Waals surface area contributed by atoms with Crippen LogP contribution in [-0.4, -0.2) is 23.9 Å². The van der Waals surface area contributed by atoms with Gasteiger partial charge >= 0.3 is 0 Å². The standard InChI is InChI=1S/C7H10BrN3O4S2/c1-10-17(14,15)11-7-3-2-5(4-6(7)8)16(9,12)13/h2-4,10-11H,1H3,(H2,9,12,13). The molecule has 4 N–H and O–H groups in total. The van der Waals surface area contributed by atoms with Crippen molar-refractivity contribution in [3.05, 3.63) is 22.7 Å². The molecule has 0 heterocycles. The molecule has 0 aliphatic heterocycles. The van der Waals surface area contributed by atoms with E-state index < -0.39 is 20.2 Å². The quantitative estimate of drug-likeness (QED) is 0.711. The molecule has 1 aromatic rings. The molecule has 0 radical (unpaired) electrons. The van der Waals surface area contributed by atoms with Crippen molar-refractivity contribution in [3.8, 4) is 0 Å². The Bertz CT molecular complexity index is 627. The largest absolute Gasteiger partial charge is 0.298 e. The van der Waals surface area contributed by atoms with Gasteiger partial charge in [0.1, 0.15) is 0 Å². The maximum Gasteiger partial charge on any atom is 0.298 e. The van der Waals surface area contributed by atoms with Crippen molar-refractivity contribution in [1.29, 1.82) is 0 Å². The molecule has 17 heavy (non-hydrogen) atoms. The molecule has 1 rings (SSSR count). The number of benzene rings is 1. The van der Waals surface area contributed by atoms with Crippen LogP contribution in [0.3, 0.4) is 0 Å². The van der Waals surface area contributed by atoms with Crippen LogP contribution in [0.2, 0.25) is 0 Å². The minimum Gasteiger partial charge on any atom is -0.270 e. The summed E-state index contributed by atoms with van der Waals surface area (Å²) >= 11 is 3.05. The van der Waals surface area contributed by atoms with Crippen molar-refractivity contribution in [3.63, 3.8) is 0 Å². The van der Waals surface area contributed by atoms with E-state index in [-0.39, 0.29) is 15.1 Å². The second kappa shape index (κ2) is 4.90. The molecule has 96 valence electrons. The maximum atomic E-state index is 11.2. The Morgan fingerprint density at radius 3 is 2.24 bits per heavy atom. The van der Waals surface area contributed by atoms with Gasteiger partial charge < -0.3 is 0 Å². The van der Waals surface area contributed by atoms with E-state index >= 15 is 0 Å². The van der Waals surface area contributed by atoms with Gasteiger partial charge in [0.05, 0.1) is 10.6 Å². The molecule has 0 aromatic heterocycles. The highest BCUT2D eigenvalue weighted by molar-refractivity contribution is 9.10. The van der Waals surface area contributed by atoms with Crippen LogP contribution in [0.25, 0.3) is 0 Å². The zero-order valence-electron chi connectivity index (χ0n) is 8.64. The van der Waals surface area contributed by atoms with Gasteiger partial charge in [-0.15, -0.1) is 0 Å². The third-order valence-corrected chi connectivity index (χ3v) is 4.38. The van der Waals surface area contributed by atoms with Crippen LogP contribution in [-0.2, 0) is 20.2 Å². The summed E-state index contributed by atoms with van der Waals surface area (Å²) < 4.78 is 49.0. The van der Waals surface area contributed by atoms with Crippen molar-refractivity contribution in [2.75, 3.05) is 11.8 Å². The van der Waals surface area contributed by atoms with Gasteiger partial charge in [-0.3, -0.25) is 4.72 Å². The first-order valence-corrected chi connectivity index (χ1v) is 8.01. The number of anilines is 1. The number of halogens is 1. The van der Waals surface area contributed by atoms with Crippen LogP contribution in [0.5, 0.6) is 0 Å². The lowest BCUT2D eigenvalue weighted by molar-refractivity contribution is 0.593. The molecule has 0 atom stereocenters. The van der Waals surface area contributed by atoms with E-state index in [1.807, 2.05) is 0 Å². The predicted molar refractivity (Wildman–Crippen MR) is 67.1 cm³/mol. The van der Waals surface area contributed by atoms with Gasteiger partial charge in [-0.1, -0.05) is 0 Å². The number of primary sulfonamides is 1. The lowest BCUT2D eigenvalue weighted by atomic mass is 10.3. The molecular formula is C7H10BrN3O4S2. The van der Waals surface area contributed by atoms with E-state index in [1.54, 1.807) is 0 Å². The van der Waals surface area contributed by atoms with Crippen molar-refractivity contribution in [2.24, 2.45) is 5.14 Å². The summed E-state index contributed by atoms with van der Waals surface area (Å²) in [6.07, 6.45) is 0. The van der Waals surface area contributed by atoms with Crippen molar-refractivity contribution < 1.29 is 16.8 Å². The fourth-order valence-electron chi connectivity index (χ4n) is 0.951. The van der Waals surface area contributed by atoms with Gasteiger partial charge in [-0.2, -0.15) is 8.42 Å². The van der Waals surface area contributed by atoms with E-state index in [9.17, 15) is 16.8 Å². The molecule has 0 unspecified atom stereocenters. The highest BCUT2D eigenvalue weighted by Gasteiger charge is 2.13. The summed E-state index contributed by atoms with van der Waals surface area (Å²) in [5.41, 5.74) is 0.201. The molecule has 0 saturated carbocycles. The van der Waals surface area contributed by atoms with Crippen LogP contribution >= 0.6 is 15.9 Å². The zero-order valence-corrected chi connectivity index (χ0v) is 11.9. The molecule has 10 heteroatoms. The summed E-state index contributed by atoms with van der Waals surface area (Å²) in [6.45, 7) is 0. The topological polar surface area (TPSA) is 118 Å². The smallest absolute Gasteiger partial charge is 0.270 e. The lowest BCUT2D eigenvalue weighted by Crippen LogP contribution is -2.26. The normalized spacial score (nSPS) is 12.4. The van der Waals surface area contributed by atoms with Crippen molar-refractivity contribution >= 4 is 41.8 Å². The molecular weight excluding hydrogens is 334 g/mol. The van der Waals surface area contributed by atoms with Crippen LogP contribution in [0.15, 0.2) is 27.6 Å². The molecule has 0 aliphatic rings. The van der Waals surface area contributed by atoms with Crippen molar-refractivity contribution in [2.45, 2.75) is 4.90 Å². The first-order chi connectivity index (χ1) is 7.65. The molecule has 0 saturated heterocycles. The summed E-state index contributed by atoms with van der Waals surface area (Å²) in [7, 11) is -6.22. The number of nitrogens with one attached hydrogen (secondary N) is 2. The minimum atomic E-state index is -3.81. The zero-order chi connectivity index (χ0) is 13.3.